The molecule has 0 atom stereocenters. The van der Waals surface area contributed by atoms with Gasteiger partial charge in [-0.1, -0.05) is 12.1 Å². The van der Waals surface area contributed by atoms with E-state index in [0.717, 1.165) is 5.19 Å². The van der Waals surface area contributed by atoms with Gasteiger partial charge in [0.15, 0.2) is 0 Å². The summed E-state index contributed by atoms with van der Waals surface area (Å²) in [6.45, 7) is 3.62. The first-order chi connectivity index (χ1) is 6.45. The molecule has 14 heavy (non-hydrogen) atoms. The molecule has 1 N–H and O–H groups in total. The molecule has 76 valence electrons. The van der Waals surface area contributed by atoms with Gasteiger partial charge in [0.05, 0.1) is 12.7 Å². The van der Waals surface area contributed by atoms with E-state index in [0.29, 0.717) is 5.56 Å². The van der Waals surface area contributed by atoms with Gasteiger partial charge in [-0.3, -0.25) is 0 Å². The lowest BCUT2D eigenvalue weighted by Crippen LogP contribution is -2.41. The SMILES string of the molecule is COC(=O)c1cccc([Si](C)(C)O)c1. The smallest absolute Gasteiger partial charge is 0.337 e. The third-order valence-electron chi connectivity index (χ3n) is 1.99. The van der Waals surface area contributed by atoms with E-state index in [4.69, 9.17) is 0 Å². The van der Waals surface area contributed by atoms with Crippen LogP contribution >= 0.6 is 0 Å². The van der Waals surface area contributed by atoms with Crippen molar-refractivity contribution in [2.45, 2.75) is 13.1 Å². The highest BCUT2D eigenvalue weighted by atomic mass is 28.4. The van der Waals surface area contributed by atoms with Crippen molar-refractivity contribution in [1.29, 1.82) is 0 Å². The summed E-state index contributed by atoms with van der Waals surface area (Å²) in [6.07, 6.45) is 0. The maximum absolute atomic E-state index is 11.2. The highest BCUT2D eigenvalue weighted by molar-refractivity contribution is 6.83. The fourth-order valence-corrected chi connectivity index (χ4v) is 2.16. The molecule has 3 nitrogen and oxygen atoms in total. The number of ether oxygens (including phenoxy) is 1. The van der Waals surface area contributed by atoms with Gasteiger partial charge < -0.3 is 9.53 Å². The molecule has 1 aromatic rings. The Labute approximate surface area is 84.5 Å². The second-order valence-electron chi connectivity index (χ2n) is 3.63. The van der Waals surface area contributed by atoms with E-state index in [1.807, 2.05) is 19.2 Å². The van der Waals surface area contributed by atoms with E-state index in [2.05, 4.69) is 4.74 Å². The van der Waals surface area contributed by atoms with Gasteiger partial charge in [0.1, 0.15) is 0 Å². The molecular weight excluding hydrogens is 196 g/mol. The van der Waals surface area contributed by atoms with Crippen molar-refractivity contribution in [3.63, 3.8) is 0 Å². The summed E-state index contributed by atoms with van der Waals surface area (Å²) in [5.41, 5.74) is 0.486. The molecule has 0 heterocycles. The van der Waals surface area contributed by atoms with Gasteiger partial charge in [-0.25, -0.2) is 4.79 Å². The van der Waals surface area contributed by atoms with Gasteiger partial charge in [0.2, 0.25) is 8.32 Å². The topological polar surface area (TPSA) is 46.5 Å². The molecule has 0 fully saturated rings. The normalized spacial score (nSPS) is 11.1. The average Bonchev–Trinajstić information content (AvgIpc) is 2.15. The predicted octanol–water partition coefficient (Wildman–Crippen LogP) is 0.878. The molecule has 0 aliphatic rings. The van der Waals surface area contributed by atoms with Gasteiger partial charge in [-0.2, -0.15) is 0 Å². The number of hydrogen-bond acceptors (Lipinski definition) is 3. The molecule has 0 bridgehead atoms. The van der Waals surface area contributed by atoms with E-state index in [1.165, 1.54) is 7.11 Å². The van der Waals surface area contributed by atoms with E-state index in [-0.39, 0.29) is 5.97 Å². The average molecular weight is 210 g/mol. The van der Waals surface area contributed by atoms with Crippen molar-refractivity contribution in [2.24, 2.45) is 0 Å². The highest BCUT2D eigenvalue weighted by Crippen LogP contribution is 2.03. The lowest BCUT2D eigenvalue weighted by atomic mass is 10.2. The van der Waals surface area contributed by atoms with E-state index in [1.54, 1.807) is 18.2 Å². The largest absolute Gasteiger partial charge is 0.465 e. The molecule has 0 unspecified atom stereocenters. The zero-order chi connectivity index (χ0) is 10.8. The van der Waals surface area contributed by atoms with Crippen LogP contribution in [0.2, 0.25) is 13.1 Å². The molecule has 1 aromatic carbocycles. The number of rotatable bonds is 2. The molecule has 0 aliphatic heterocycles. The van der Waals surface area contributed by atoms with Crippen molar-refractivity contribution in [3.05, 3.63) is 29.8 Å². The van der Waals surface area contributed by atoms with Crippen LogP contribution in [0.1, 0.15) is 10.4 Å². The molecule has 0 aliphatic carbocycles. The fraction of sp³-hybridized carbons (Fsp3) is 0.300. The van der Waals surface area contributed by atoms with Crippen molar-refractivity contribution in [1.82, 2.24) is 0 Å². The second kappa shape index (κ2) is 3.94. The van der Waals surface area contributed by atoms with Crippen LogP contribution in [-0.4, -0.2) is 26.2 Å². The van der Waals surface area contributed by atoms with Crippen LogP contribution in [0.5, 0.6) is 0 Å². The Kier molecular flexibility index (Phi) is 3.08. The molecule has 0 saturated carbocycles. The maximum atomic E-state index is 11.2. The van der Waals surface area contributed by atoms with Gasteiger partial charge in [0, 0.05) is 0 Å². The summed E-state index contributed by atoms with van der Waals surface area (Å²) in [5, 5.41) is 0.834. The quantitative estimate of drug-likeness (QED) is 0.582. The lowest BCUT2D eigenvalue weighted by Gasteiger charge is -2.14. The van der Waals surface area contributed by atoms with Gasteiger partial charge in [-0.15, -0.1) is 0 Å². The third-order valence-corrected chi connectivity index (χ3v) is 3.71. The van der Waals surface area contributed by atoms with Gasteiger partial charge in [0.25, 0.3) is 0 Å². The maximum Gasteiger partial charge on any atom is 0.337 e. The summed E-state index contributed by atoms with van der Waals surface area (Å²) in [4.78, 5) is 21.1. The Morgan fingerprint density at radius 2 is 2.07 bits per heavy atom. The fourth-order valence-electron chi connectivity index (χ4n) is 1.14. The summed E-state index contributed by atoms with van der Waals surface area (Å²) >= 11 is 0. The summed E-state index contributed by atoms with van der Waals surface area (Å²) in [6, 6.07) is 6.96. The minimum absolute atomic E-state index is 0.370. The molecule has 0 aromatic heterocycles. The van der Waals surface area contributed by atoms with Crippen LogP contribution in [0, 0.1) is 0 Å². The van der Waals surface area contributed by atoms with E-state index < -0.39 is 8.32 Å². The molecule has 0 amide bonds. The highest BCUT2D eigenvalue weighted by Gasteiger charge is 2.21. The van der Waals surface area contributed by atoms with Crippen LogP contribution in [-0.2, 0) is 4.74 Å². The first-order valence-electron chi connectivity index (χ1n) is 4.36. The number of carbonyl (C=O) groups excluding carboxylic acids is 1. The lowest BCUT2D eigenvalue weighted by molar-refractivity contribution is 0.0601. The Hall–Kier alpha value is -1.13. The Bertz CT molecular complexity index is 341. The van der Waals surface area contributed by atoms with Crippen LogP contribution < -0.4 is 5.19 Å². The number of esters is 1. The standard InChI is InChI=1S/C10H14O3Si/c1-13-10(11)8-5-4-6-9(7-8)14(2,3)12/h4-7,12H,1-3H3. The minimum Gasteiger partial charge on any atom is -0.465 e. The first-order valence-corrected chi connectivity index (χ1v) is 7.31. The molecule has 0 saturated heterocycles. The first kappa shape index (κ1) is 10.9. The van der Waals surface area contributed by atoms with Crippen LogP contribution in [0.15, 0.2) is 24.3 Å². The second-order valence-corrected chi connectivity index (χ2v) is 7.33. The van der Waals surface area contributed by atoms with Crippen LogP contribution in [0.25, 0.3) is 0 Å². The van der Waals surface area contributed by atoms with Gasteiger partial charge in [-0.05, 0) is 30.4 Å². The van der Waals surface area contributed by atoms with Crippen molar-refractivity contribution in [3.8, 4) is 0 Å². The number of hydrogen-bond donors (Lipinski definition) is 1. The minimum atomic E-state index is -2.33. The third kappa shape index (κ3) is 2.43. The molecule has 0 radical (unpaired) electrons. The van der Waals surface area contributed by atoms with Gasteiger partial charge >= 0.3 is 5.97 Å². The number of carbonyl (C=O) groups is 1. The molecule has 1 rings (SSSR count). The zero-order valence-corrected chi connectivity index (χ0v) is 9.57. The summed E-state index contributed by atoms with van der Waals surface area (Å²) < 4.78 is 4.60. The Morgan fingerprint density at radius 3 is 2.57 bits per heavy atom. The monoisotopic (exact) mass is 210 g/mol. The molecule has 0 spiro atoms. The Balaban J connectivity index is 3.08. The van der Waals surface area contributed by atoms with Crippen molar-refractivity contribution in [2.75, 3.05) is 7.11 Å². The summed E-state index contributed by atoms with van der Waals surface area (Å²) in [5.74, 6) is -0.370. The molecular formula is C10H14O3Si. The van der Waals surface area contributed by atoms with E-state index in [9.17, 15) is 9.59 Å². The number of benzene rings is 1. The predicted molar refractivity (Wildman–Crippen MR) is 57.1 cm³/mol. The van der Waals surface area contributed by atoms with Crippen LogP contribution in [0.3, 0.4) is 0 Å². The number of methoxy groups -OCH3 is 1. The zero-order valence-electron chi connectivity index (χ0n) is 8.57. The van der Waals surface area contributed by atoms with E-state index >= 15 is 0 Å². The van der Waals surface area contributed by atoms with Crippen molar-refractivity contribution >= 4 is 19.5 Å². The summed E-state index contributed by atoms with van der Waals surface area (Å²) in [7, 11) is -0.987. The van der Waals surface area contributed by atoms with Crippen LogP contribution in [0.4, 0.5) is 0 Å². The van der Waals surface area contributed by atoms with Crippen molar-refractivity contribution < 1.29 is 14.3 Å². The molecule has 4 heteroatoms. The Morgan fingerprint density at radius 1 is 1.43 bits per heavy atom.